The fourth-order valence-corrected chi connectivity index (χ4v) is 3.73. The largest absolute Gasteiger partial charge is 0.361 e. The molecule has 2 aromatic rings. The summed E-state index contributed by atoms with van der Waals surface area (Å²) in [6.07, 6.45) is 1.44. The smallest absolute Gasteiger partial charge is 0.228 e. The van der Waals surface area contributed by atoms with E-state index in [4.69, 9.17) is 4.52 Å². The van der Waals surface area contributed by atoms with Gasteiger partial charge in [-0.2, -0.15) is 0 Å². The molecule has 23 heavy (non-hydrogen) atoms. The van der Waals surface area contributed by atoms with Crippen molar-refractivity contribution in [3.63, 3.8) is 0 Å². The maximum absolute atomic E-state index is 12.6. The monoisotopic (exact) mass is 311 g/mol. The lowest BCUT2D eigenvalue weighted by Crippen LogP contribution is -2.52. The Morgan fingerprint density at radius 2 is 2.17 bits per heavy atom. The molecular formula is C18H21N3O2. The number of amides is 1. The van der Waals surface area contributed by atoms with Crippen LogP contribution in [0.25, 0.3) is 0 Å². The molecule has 1 saturated heterocycles. The van der Waals surface area contributed by atoms with Crippen molar-refractivity contribution in [1.29, 1.82) is 0 Å². The molecule has 3 heterocycles. The first-order valence-corrected chi connectivity index (χ1v) is 8.22. The number of nitrogens with zero attached hydrogens (tertiary/aromatic N) is 3. The molecule has 2 aliphatic rings. The first-order chi connectivity index (χ1) is 11.2. The second-order valence-electron chi connectivity index (χ2n) is 6.45. The Labute approximate surface area is 135 Å². The molecule has 5 nitrogen and oxygen atoms in total. The molecule has 0 N–H and O–H groups in total. The summed E-state index contributed by atoms with van der Waals surface area (Å²) >= 11 is 0. The normalized spacial score (nSPS) is 20.9. The van der Waals surface area contributed by atoms with Crippen LogP contribution in [0.3, 0.4) is 0 Å². The van der Waals surface area contributed by atoms with Crippen LogP contribution in [0.15, 0.2) is 34.9 Å². The van der Waals surface area contributed by atoms with Crippen molar-refractivity contribution in [3.8, 4) is 0 Å². The molecule has 1 aromatic heterocycles. The molecule has 0 bridgehead atoms. The van der Waals surface area contributed by atoms with Gasteiger partial charge in [-0.3, -0.25) is 9.69 Å². The van der Waals surface area contributed by atoms with Gasteiger partial charge >= 0.3 is 0 Å². The highest BCUT2D eigenvalue weighted by Crippen LogP contribution is 2.32. The lowest BCUT2D eigenvalue weighted by Gasteiger charge is -2.44. The van der Waals surface area contributed by atoms with Crippen LogP contribution in [0.4, 0.5) is 0 Å². The maximum Gasteiger partial charge on any atom is 0.228 e. The summed E-state index contributed by atoms with van der Waals surface area (Å²) in [5.41, 5.74) is 3.53. The first-order valence-electron chi connectivity index (χ1n) is 8.22. The molecule has 1 atom stereocenters. The zero-order chi connectivity index (χ0) is 15.8. The van der Waals surface area contributed by atoms with Gasteiger partial charge in [0.05, 0.1) is 18.2 Å². The number of piperazine rings is 1. The predicted molar refractivity (Wildman–Crippen MR) is 86.0 cm³/mol. The van der Waals surface area contributed by atoms with Crippen LogP contribution in [-0.4, -0.2) is 47.0 Å². The average Bonchev–Trinajstić information content (AvgIpc) is 2.99. The van der Waals surface area contributed by atoms with Gasteiger partial charge in [-0.05, 0) is 24.5 Å². The molecule has 1 unspecified atom stereocenters. The highest BCUT2D eigenvalue weighted by Gasteiger charge is 2.34. The van der Waals surface area contributed by atoms with Crippen LogP contribution < -0.4 is 0 Å². The molecule has 0 spiro atoms. The fraction of sp³-hybridized carbons (Fsp3) is 0.444. The minimum absolute atomic E-state index is 0.140. The van der Waals surface area contributed by atoms with Crippen molar-refractivity contribution >= 4 is 5.91 Å². The molecule has 1 amide bonds. The van der Waals surface area contributed by atoms with Crippen molar-refractivity contribution < 1.29 is 9.32 Å². The van der Waals surface area contributed by atoms with E-state index in [-0.39, 0.29) is 5.91 Å². The quantitative estimate of drug-likeness (QED) is 0.851. The van der Waals surface area contributed by atoms with Gasteiger partial charge in [-0.1, -0.05) is 29.4 Å². The number of carbonyl (C=O) groups is 1. The van der Waals surface area contributed by atoms with Crippen LogP contribution in [0.5, 0.6) is 0 Å². The maximum atomic E-state index is 12.6. The summed E-state index contributed by atoms with van der Waals surface area (Å²) in [5.74, 6) is 0.889. The molecular weight excluding hydrogens is 290 g/mol. The van der Waals surface area contributed by atoms with E-state index in [0.717, 1.165) is 44.1 Å². The summed E-state index contributed by atoms with van der Waals surface area (Å²) in [6, 6.07) is 10.8. The van der Waals surface area contributed by atoms with Crippen LogP contribution in [0.2, 0.25) is 0 Å². The summed E-state index contributed by atoms with van der Waals surface area (Å²) in [5, 5.41) is 3.94. The number of rotatable bonds is 2. The van der Waals surface area contributed by atoms with Crippen molar-refractivity contribution in [3.05, 3.63) is 52.9 Å². The number of benzene rings is 1. The number of hydrogen-bond donors (Lipinski definition) is 0. The second-order valence-corrected chi connectivity index (χ2v) is 6.45. The Bertz CT molecular complexity index is 725. The summed E-state index contributed by atoms with van der Waals surface area (Å²) in [7, 11) is 0. The van der Waals surface area contributed by atoms with E-state index >= 15 is 0 Å². The van der Waals surface area contributed by atoms with Gasteiger partial charge < -0.3 is 9.42 Å². The van der Waals surface area contributed by atoms with Crippen molar-refractivity contribution in [2.24, 2.45) is 0 Å². The zero-order valence-corrected chi connectivity index (χ0v) is 13.4. The Morgan fingerprint density at radius 1 is 1.30 bits per heavy atom. The third-order valence-corrected chi connectivity index (χ3v) is 4.94. The number of fused-ring (bicyclic) bond motifs is 3. The second kappa shape index (κ2) is 5.81. The van der Waals surface area contributed by atoms with Gasteiger partial charge in [-0.15, -0.1) is 0 Å². The Morgan fingerprint density at radius 3 is 3.00 bits per heavy atom. The van der Waals surface area contributed by atoms with Crippen LogP contribution in [-0.2, 0) is 17.6 Å². The molecule has 0 aliphatic carbocycles. The molecule has 2 aliphatic heterocycles. The summed E-state index contributed by atoms with van der Waals surface area (Å²) < 4.78 is 5.06. The highest BCUT2D eigenvalue weighted by molar-refractivity contribution is 5.78. The van der Waals surface area contributed by atoms with Gasteiger partial charge in [0.25, 0.3) is 0 Å². The SMILES string of the molecule is Cc1cc(CC(=O)N2CCN3CCc4ccccc4C3C2)no1. The van der Waals surface area contributed by atoms with Crippen molar-refractivity contribution in [2.75, 3.05) is 26.2 Å². The third kappa shape index (κ3) is 2.77. The number of aryl methyl sites for hydroxylation is 1. The highest BCUT2D eigenvalue weighted by atomic mass is 16.5. The van der Waals surface area contributed by atoms with Gasteiger partial charge in [-0.25, -0.2) is 0 Å². The summed E-state index contributed by atoms with van der Waals surface area (Å²) in [6.45, 7) is 5.45. The molecule has 5 heteroatoms. The lowest BCUT2D eigenvalue weighted by atomic mass is 9.91. The number of carbonyl (C=O) groups excluding carboxylic acids is 1. The number of aromatic nitrogens is 1. The molecule has 120 valence electrons. The van der Waals surface area contributed by atoms with E-state index in [1.54, 1.807) is 0 Å². The van der Waals surface area contributed by atoms with E-state index in [1.165, 1.54) is 11.1 Å². The van der Waals surface area contributed by atoms with Crippen LogP contribution in [0, 0.1) is 6.92 Å². The third-order valence-electron chi connectivity index (χ3n) is 4.94. The summed E-state index contributed by atoms with van der Waals surface area (Å²) in [4.78, 5) is 17.1. The predicted octanol–water partition coefficient (Wildman–Crippen LogP) is 1.97. The topological polar surface area (TPSA) is 49.6 Å². The van der Waals surface area contributed by atoms with Crippen molar-refractivity contribution in [1.82, 2.24) is 15.0 Å². The van der Waals surface area contributed by atoms with Crippen molar-refractivity contribution in [2.45, 2.75) is 25.8 Å². The fourth-order valence-electron chi connectivity index (χ4n) is 3.73. The van der Waals surface area contributed by atoms with Gasteiger partial charge in [0.15, 0.2) is 0 Å². The van der Waals surface area contributed by atoms with E-state index in [9.17, 15) is 4.79 Å². The molecule has 0 saturated carbocycles. The Kier molecular flexibility index (Phi) is 3.65. The van der Waals surface area contributed by atoms with Gasteiger partial charge in [0, 0.05) is 32.2 Å². The van der Waals surface area contributed by atoms with E-state index in [1.807, 2.05) is 17.9 Å². The van der Waals surface area contributed by atoms with E-state index in [2.05, 4.69) is 34.3 Å². The van der Waals surface area contributed by atoms with E-state index in [0.29, 0.717) is 12.5 Å². The zero-order valence-electron chi connectivity index (χ0n) is 13.4. The minimum atomic E-state index is 0.140. The Balaban J connectivity index is 1.50. The lowest BCUT2D eigenvalue weighted by molar-refractivity contribution is -0.133. The van der Waals surface area contributed by atoms with Gasteiger partial charge in [0.2, 0.25) is 5.91 Å². The van der Waals surface area contributed by atoms with E-state index < -0.39 is 0 Å². The number of hydrogen-bond acceptors (Lipinski definition) is 4. The Hall–Kier alpha value is -2.14. The average molecular weight is 311 g/mol. The standard InChI is InChI=1S/C18H21N3O2/c1-13-10-15(19-23-13)11-18(22)21-9-8-20-7-6-14-4-2-3-5-16(14)17(20)12-21/h2-5,10,17H,6-9,11-12H2,1H3. The molecule has 1 fully saturated rings. The van der Waals surface area contributed by atoms with Gasteiger partial charge in [0.1, 0.15) is 5.76 Å². The van der Waals surface area contributed by atoms with Crippen LogP contribution in [0.1, 0.15) is 28.6 Å². The van der Waals surface area contributed by atoms with Crippen LogP contribution >= 0.6 is 0 Å². The molecule has 0 radical (unpaired) electrons. The molecule has 4 rings (SSSR count). The first kappa shape index (κ1) is 14.5. The minimum Gasteiger partial charge on any atom is -0.361 e. The molecule has 1 aromatic carbocycles.